The first kappa shape index (κ1) is 15.8. The van der Waals surface area contributed by atoms with Crippen LogP contribution in [0.4, 0.5) is 0 Å². The number of carbonyl (C=O) groups excluding carboxylic acids is 1. The standard InChI is InChI=1S/C20H22N4O/c1-13-7-8-15(11-14(13)2)18-9-10-21-19-17(12-22-24(18)19)20(25)23-16-5-3-4-6-16/h7-12,16H,3-6H2,1-2H3,(H,23,25). The maximum absolute atomic E-state index is 12.6. The number of aromatic nitrogens is 3. The van der Waals surface area contributed by atoms with Crippen LogP contribution in [0.25, 0.3) is 16.9 Å². The van der Waals surface area contributed by atoms with Gasteiger partial charge in [-0.05, 0) is 49.9 Å². The summed E-state index contributed by atoms with van der Waals surface area (Å²) in [7, 11) is 0. The van der Waals surface area contributed by atoms with Gasteiger partial charge in [-0.15, -0.1) is 0 Å². The highest BCUT2D eigenvalue weighted by Crippen LogP contribution is 2.24. The molecule has 4 rings (SSSR count). The minimum absolute atomic E-state index is 0.0772. The van der Waals surface area contributed by atoms with Crippen LogP contribution in [0.15, 0.2) is 36.7 Å². The average molecular weight is 334 g/mol. The van der Waals surface area contributed by atoms with Crippen molar-refractivity contribution in [3.63, 3.8) is 0 Å². The first-order valence-corrected chi connectivity index (χ1v) is 8.85. The van der Waals surface area contributed by atoms with Crippen LogP contribution >= 0.6 is 0 Å². The molecule has 0 unspecified atom stereocenters. The zero-order valence-electron chi connectivity index (χ0n) is 14.6. The van der Waals surface area contributed by atoms with Crippen LogP contribution in [-0.2, 0) is 0 Å². The summed E-state index contributed by atoms with van der Waals surface area (Å²) in [5, 5.41) is 7.55. The predicted molar refractivity (Wildman–Crippen MR) is 97.6 cm³/mol. The number of fused-ring (bicyclic) bond motifs is 1. The molecular weight excluding hydrogens is 312 g/mol. The molecule has 0 atom stereocenters. The Kier molecular flexibility index (Phi) is 3.99. The summed E-state index contributed by atoms with van der Waals surface area (Å²) in [5.41, 5.74) is 5.64. The molecule has 0 spiro atoms. The van der Waals surface area contributed by atoms with Gasteiger partial charge in [0.1, 0.15) is 5.56 Å². The van der Waals surface area contributed by atoms with Gasteiger partial charge in [-0.25, -0.2) is 9.50 Å². The normalized spacial score (nSPS) is 15.0. The Morgan fingerprint density at radius 2 is 1.96 bits per heavy atom. The van der Waals surface area contributed by atoms with Gasteiger partial charge in [-0.2, -0.15) is 5.10 Å². The highest BCUT2D eigenvalue weighted by atomic mass is 16.1. The van der Waals surface area contributed by atoms with Crippen molar-refractivity contribution < 1.29 is 4.79 Å². The van der Waals surface area contributed by atoms with Crippen molar-refractivity contribution in [1.29, 1.82) is 0 Å². The molecule has 5 heteroatoms. The molecule has 2 aromatic heterocycles. The fourth-order valence-electron chi connectivity index (χ4n) is 3.50. The lowest BCUT2D eigenvalue weighted by Gasteiger charge is -2.11. The van der Waals surface area contributed by atoms with Gasteiger partial charge < -0.3 is 5.32 Å². The van der Waals surface area contributed by atoms with Crippen molar-refractivity contribution in [2.75, 3.05) is 0 Å². The highest BCUT2D eigenvalue weighted by Gasteiger charge is 2.21. The number of nitrogens with zero attached hydrogens (tertiary/aromatic N) is 3. The van der Waals surface area contributed by atoms with Gasteiger partial charge in [-0.1, -0.05) is 25.0 Å². The Morgan fingerprint density at radius 1 is 1.16 bits per heavy atom. The molecule has 1 aromatic carbocycles. The maximum atomic E-state index is 12.6. The van der Waals surface area contributed by atoms with Crippen LogP contribution in [0.5, 0.6) is 0 Å². The molecule has 25 heavy (non-hydrogen) atoms. The van der Waals surface area contributed by atoms with Crippen molar-refractivity contribution in [2.24, 2.45) is 0 Å². The van der Waals surface area contributed by atoms with E-state index in [1.807, 2.05) is 6.07 Å². The molecule has 0 saturated heterocycles. The summed E-state index contributed by atoms with van der Waals surface area (Å²) < 4.78 is 1.76. The van der Waals surface area contributed by atoms with Crippen LogP contribution in [0.1, 0.15) is 47.2 Å². The summed E-state index contributed by atoms with van der Waals surface area (Å²) >= 11 is 0. The van der Waals surface area contributed by atoms with Crippen molar-refractivity contribution in [3.05, 3.63) is 53.3 Å². The number of aryl methyl sites for hydroxylation is 2. The fraction of sp³-hybridized carbons (Fsp3) is 0.350. The predicted octanol–water partition coefficient (Wildman–Crippen LogP) is 3.69. The molecule has 1 N–H and O–H groups in total. The highest BCUT2D eigenvalue weighted by molar-refractivity contribution is 6.00. The van der Waals surface area contributed by atoms with Crippen LogP contribution in [0.2, 0.25) is 0 Å². The molecule has 1 amide bonds. The molecular formula is C20H22N4O. The van der Waals surface area contributed by atoms with Gasteiger partial charge >= 0.3 is 0 Å². The zero-order valence-corrected chi connectivity index (χ0v) is 14.6. The van der Waals surface area contributed by atoms with E-state index in [1.165, 1.54) is 24.0 Å². The minimum atomic E-state index is -0.0772. The molecule has 128 valence electrons. The maximum Gasteiger partial charge on any atom is 0.256 e. The van der Waals surface area contributed by atoms with Crippen LogP contribution in [0.3, 0.4) is 0 Å². The smallest absolute Gasteiger partial charge is 0.256 e. The van der Waals surface area contributed by atoms with Crippen LogP contribution in [-0.4, -0.2) is 26.5 Å². The molecule has 5 nitrogen and oxygen atoms in total. The van der Waals surface area contributed by atoms with Gasteiger partial charge in [0, 0.05) is 17.8 Å². The first-order chi connectivity index (χ1) is 12.1. The van der Waals surface area contributed by atoms with E-state index in [-0.39, 0.29) is 11.9 Å². The van der Waals surface area contributed by atoms with E-state index in [4.69, 9.17) is 0 Å². The Labute approximate surface area is 147 Å². The molecule has 3 aromatic rings. The summed E-state index contributed by atoms with van der Waals surface area (Å²) in [6.45, 7) is 4.20. The van der Waals surface area contributed by atoms with Crippen molar-refractivity contribution in [1.82, 2.24) is 19.9 Å². The summed E-state index contributed by atoms with van der Waals surface area (Å²) in [4.78, 5) is 17.0. The number of rotatable bonds is 3. The number of hydrogen-bond donors (Lipinski definition) is 1. The van der Waals surface area contributed by atoms with E-state index in [0.29, 0.717) is 11.2 Å². The average Bonchev–Trinajstić information content (AvgIpc) is 3.26. The molecule has 1 aliphatic carbocycles. The van der Waals surface area contributed by atoms with Crippen LogP contribution in [0, 0.1) is 13.8 Å². The summed E-state index contributed by atoms with van der Waals surface area (Å²) in [6.07, 6.45) is 7.87. The number of carbonyl (C=O) groups is 1. The topological polar surface area (TPSA) is 59.3 Å². The second-order valence-electron chi connectivity index (χ2n) is 6.88. The van der Waals surface area contributed by atoms with Gasteiger partial charge in [0.15, 0.2) is 5.65 Å². The Hall–Kier alpha value is -2.69. The lowest BCUT2D eigenvalue weighted by atomic mass is 10.0. The summed E-state index contributed by atoms with van der Waals surface area (Å²) in [6, 6.07) is 8.54. The van der Waals surface area contributed by atoms with E-state index in [9.17, 15) is 4.79 Å². The molecule has 0 radical (unpaired) electrons. The van der Waals surface area contributed by atoms with Gasteiger partial charge in [-0.3, -0.25) is 4.79 Å². The third-order valence-electron chi connectivity index (χ3n) is 5.14. The van der Waals surface area contributed by atoms with E-state index >= 15 is 0 Å². The van der Waals surface area contributed by atoms with Crippen molar-refractivity contribution in [2.45, 2.75) is 45.6 Å². The number of hydrogen-bond acceptors (Lipinski definition) is 3. The SMILES string of the molecule is Cc1ccc(-c2ccnc3c(C(=O)NC4CCCC4)cnn23)cc1C. The Balaban J connectivity index is 1.72. The van der Waals surface area contributed by atoms with Gasteiger partial charge in [0.25, 0.3) is 5.91 Å². The van der Waals surface area contributed by atoms with E-state index in [0.717, 1.165) is 24.1 Å². The second-order valence-corrected chi connectivity index (χ2v) is 6.88. The second kappa shape index (κ2) is 6.31. The zero-order chi connectivity index (χ0) is 17.4. The van der Waals surface area contributed by atoms with Crippen molar-refractivity contribution in [3.8, 4) is 11.3 Å². The first-order valence-electron chi connectivity index (χ1n) is 8.85. The monoisotopic (exact) mass is 334 g/mol. The van der Waals surface area contributed by atoms with E-state index in [2.05, 4.69) is 47.4 Å². The van der Waals surface area contributed by atoms with Crippen LogP contribution < -0.4 is 5.32 Å². The molecule has 1 saturated carbocycles. The lowest BCUT2D eigenvalue weighted by molar-refractivity contribution is 0.0939. The Morgan fingerprint density at radius 3 is 2.72 bits per heavy atom. The molecule has 0 bridgehead atoms. The van der Waals surface area contributed by atoms with Gasteiger partial charge in [0.2, 0.25) is 0 Å². The summed E-state index contributed by atoms with van der Waals surface area (Å²) in [5.74, 6) is -0.0772. The quantitative estimate of drug-likeness (QED) is 0.795. The molecule has 0 aliphatic heterocycles. The molecule has 1 fully saturated rings. The van der Waals surface area contributed by atoms with E-state index < -0.39 is 0 Å². The molecule has 1 aliphatic rings. The molecule has 2 heterocycles. The number of benzene rings is 1. The third-order valence-corrected chi connectivity index (χ3v) is 5.14. The van der Waals surface area contributed by atoms with Gasteiger partial charge in [0.05, 0.1) is 11.9 Å². The number of nitrogens with one attached hydrogen (secondary N) is 1. The third kappa shape index (κ3) is 2.90. The fourth-order valence-corrected chi connectivity index (χ4v) is 3.50. The van der Waals surface area contributed by atoms with Crippen molar-refractivity contribution >= 4 is 11.6 Å². The minimum Gasteiger partial charge on any atom is -0.349 e. The largest absolute Gasteiger partial charge is 0.349 e. The Bertz CT molecular complexity index is 938. The number of amides is 1. The van der Waals surface area contributed by atoms with E-state index in [1.54, 1.807) is 16.9 Å². The lowest BCUT2D eigenvalue weighted by Crippen LogP contribution is -2.32.